The molecule has 7 heteroatoms. The van der Waals surface area contributed by atoms with Crippen LogP contribution in [0.4, 0.5) is 5.69 Å². The highest BCUT2D eigenvalue weighted by atomic mass is 32.1. The number of carbonyl (C=O) groups is 1. The zero-order valence-electron chi connectivity index (χ0n) is 13.8. The molecule has 1 fully saturated rings. The van der Waals surface area contributed by atoms with E-state index in [0.717, 1.165) is 22.1 Å². The summed E-state index contributed by atoms with van der Waals surface area (Å²) in [7, 11) is 0. The van der Waals surface area contributed by atoms with E-state index in [4.69, 9.17) is 4.79 Å². The number of aryl methyl sites for hydroxylation is 1. The van der Waals surface area contributed by atoms with Crippen LogP contribution in [0, 0.1) is 6.92 Å². The van der Waals surface area contributed by atoms with Crippen molar-refractivity contribution in [3.8, 4) is 10.6 Å². The third-order valence-corrected chi connectivity index (χ3v) is 4.87. The van der Waals surface area contributed by atoms with Crippen LogP contribution < -0.4 is 10.6 Å². The third kappa shape index (κ3) is 4.04. The van der Waals surface area contributed by atoms with Crippen LogP contribution in [0.3, 0.4) is 0 Å². The predicted molar refractivity (Wildman–Crippen MR) is 93.4 cm³/mol. The van der Waals surface area contributed by atoms with E-state index < -0.39 is 0 Å². The quantitative estimate of drug-likeness (QED) is 0.854. The van der Waals surface area contributed by atoms with Crippen LogP contribution in [0.5, 0.6) is 0 Å². The number of piperidine rings is 1. The van der Waals surface area contributed by atoms with Crippen molar-refractivity contribution in [2.24, 2.45) is 5.73 Å². The van der Waals surface area contributed by atoms with Crippen molar-refractivity contribution in [1.29, 1.82) is 0 Å². The second-order valence-electron chi connectivity index (χ2n) is 6.08. The van der Waals surface area contributed by atoms with Crippen molar-refractivity contribution in [2.75, 3.05) is 11.4 Å². The molecule has 0 aromatic carbocycles. The maximum Gasteiger partial charge on any atom is 0.204 e. The van der Waals surface area contributed by atoms with Gasteiger partial charge in [0.2, 0.25) is 6.41 Å². The lowest BCUT2D eigenvalue weighted by atomic mass is 9.89. The highest BCUT2D eigenvalue weighted by Gasteiger charge is 2.31. The number of nitrogens with two attached hydrogens (primary N) is 1. The van der Waals surface area contributed by atoms with Crippen molar-refractivity contribution in [3.05, 3.63) is 23.5 Å². The summed E-state index contributed by atoms with van der Waals surface area (Å²) in [5.74, 6) is 0. The summed E-state index contributed by atoms with van der Waals surface area (Å²) in [6.07, 6.45) is 7.83. The molecule has 2 N–H and O–H groups in total. The van der Waals surface area contributed by atoms with E-state index in [1.165, 1.54) is 24.9 Å². The highest BCUT2D eigenvalue weighted by molar-refractivity contribution is 7.14. The maximum atomic E-state index is 8.58. The fourth-order valence-corrected chi connectivity index (χ4v) is 3.62. The molecule has 3 heterocycles. The molecule has 0 saturated carbocycles. The number of anilines is 1. The van der Waals surface area contributed by atoms with E-state index in [1.54, 1.807) is 11.3 Å². The Morgan fingerprint density at radius 2 is 2.09 bits per heavy atom. The molecule has 1 aliphatic heterocycles. The van der Waals surface area contributed by atoms with Gasteiger partial charge in [0.1, 0.15) is 10.0 Å². The van der Waals surface area contributed by atoms with Gasteiger partial charge in [0.05, 0.1) is 11.9 Å². The molecule has 1 amide bonds. The molecule has 3 rings (SSSR count). The van der Waals surface area contributed by atoms with Gasteiger partial charge in [-0.05, 0) is 46.1 Å². The highest BCUT2D eigenvalue weighted by Crippen LogP contribution is 2.38. The first-order valence-corrected chi connectivity index (χ1v) is 8.49. The van der Waals surface area contributed by atoms with E-state index >= 15 is 0 Å². The van der Waals surface area contributed by atoms with E-state index in [2.05, 4.69) is 45.7 Å². The first kappa shape index (κ1) is 17.3. The lowest BCUT2D eigenvalue weighted by Crippen LogP contribution is -2.47. The fraction of sp³-hybridized carbons (Fsp3) is 0.500. The normalized spacial score (nSPS) is 16.4. The fourth-order valence-electron chi connectivity index (χ4n) is 2.90. The Morgan fingerprint density at radius 1 is 1.35 bits per heavy atom. The summed E-state index contributed by atoms with van der Waals surface area (Å²) in [5, 5.41) is 10.4. The minimum Gasteiger partial charge on any atom is -0.372 e. The number of hydrogen-bond acceptors (Lipinski definition) is 6. The molecule has 124 valence electrons. The first-order chi connectivity index (χ1) is 11.0. The van der Waals surface area contributed by atoms with Crippen LogP contribution >= 0.6 is 11.3 Å². The molecule has 0 bridgehead atoms. The zero-order valence-corrected chi connectivity index (χ0v) is 14.6. The Morgan fingerprint density at radius 3 is 2.70 bits per heavy atom. The first-order valence-electron chi connectivity index (χ1n) is 7.67. The average Bonchev–Trinajstić information content (AvgIpc) is 2.94. The lowest BCUT2D eigenvalue weighted by Gasteiger charge is -2.44. The van der Waals surface area contributed by atoms with Crippen LogP contribution in [0.15, 0.2) is 18.5 Å². The molecule has 0 spiro atoms. The van der Waals surface area contributed by atoms with Crippen LogP contribution in [-0.2, 0) is 4.79 Å². The number of primary amides is 1. The van der Waals surface area contributed by atoms with E-state index in [1.807, 2.05) is 19.3 Å². The molecular weight excluding hydrogens is 310 g/mol. The van der Waals surface area contributed by atoms with Gasteiger partial charge in [-0.3, -0.25) is 9.78 Å². The minimum absolute atomic E-state index is 0.176. The summed E-state index contributed by atoms with van der Waals surface area (Å²) in [4.78, 5) is 15.4. The molecule has 1 aliphatic rings. The van der Waals surface area contributed by atoms with Crippen molar-refractivity contribution >= 4 is 23.4 Å². The number of carbonyl (C=O) groups excluding carboxylic acids is 1. The maximum absolute atomic E-state index is 8.58. The zero-order chi connectivity index (χ0) is 16.9. The smallest absolute Gasteiger partial charge is 0.204 e. The largest absolute Gasteiger partial charge is 0.372 e. The van der Waals surface area contributed by atoms with E-state index in [0.29, 0.717) is 0 Å². The second kappa shape index (κ2) is 7.50. The summed E-state index contributed by atoms with van der Waals surface area (Å²) in [6, 6.07) is 2.06. The van der Waals surface area contributed by atoms with Crippen molar-refractivity contribution < 1.29 is 4.79 Å². The molecule has 0 radical (unpaired) electrons. The van der Waals surface area contributed by atoms with Crippen molar-refractivity contribution in [1.82, 2.24) is 15.2 Å². The molecule has 2 aromatic rings. The molecule has 0 aliphatic carbocycles. The number of hydrogen-bond donors (Lipinski definition) is 1. The molecule has 0 unspecified atom stereocenters. The minimum atomic E-state index is 0.176. The van der Waals surface area contributed by atoms with Crippen LogP contribution in [0.2, 0.25) is 0 Å². The monoisotopic (exact) mass is 333 g/mol. The van der Waals surface area contributed by atoms with Crippen LogP contribution in [0.25, 0.3) is 10.6 Å². The standard InChI is InChI=1S/C15H20N4S.CH3NO/c1-11-17-18-14(20-11)12-6-8-16-10-13(12)19-9-5-4-7-15(19,2)3;2-1-3/h6,8,10H,4-5,7,9H2,1-3H3;1H,(H2,2,3). The molecule has 6 nitrogen and oxygen atoms in total. The van der Waals surface area contributed by atoms with Gasteiger partial charge in [0.15, 0.2) is 0 Å². The number of nitrogens with zero attached hydrogens (tertiary/aromatic N) is 4. The summed E-state index contributed by atoms with van der Waals surface area (Å²) < 4.78 is 0. The van der Waals surface area contributed by atoms with Gasteiger partial charge in [-0.25, -0.2) is 0 Å². The number of rotatable bonds is 2. The van der Waals surface area contributed by atoms with Gasteiger partial charge in [0, 0.05) is 23.8 Å². The van der Waals surface area contributed by atoms with Crippen molar-refractivity contribution in [3.63, 3.8) is 0 Å². The Bertz CT molecular complexity index is 655. The number of amides is 1. The van der Waals surface area contributed by atoms with Crippen LogP contribution in [-0.4, -0.2) is 33.7 Å². The Kier molecular flexibility index (Phi) is 5.65. The van der Waals surface area contributed by atoms with E-state index in [-0.39, 0.29) is 11.9 Å². The summed E-state index contributed by atoms with van der Waals surface area (Å²) in [6.45, 7) is 7.71. The molecule has 1 saturated heterocycles. The average molecular weight is 333 g/mol. The van der Waals surface area contributed by atoms with E-state index in [9.17, 15) is 0 Å². The molecular formula is C16H23N5OS. The molecule has 23 heavy (non-hydrogen) atoms. The van der Waals surface area contributed by atoms with Gasteiger partial charge in [0.25, 0.3) is 0 Å². The van der Waals surface area contributed by atoms with Gasteiger partial charge in [-0.15, -0.1) is 10.2 Å². The van der Waals surface area contributed by atoms with Gasteiger partial charge in [-0.1, -0.05) is 11.3 Å². The van der Waals surface area contributed by atoms with Crippen LogP contribution in [0.1, 0.15) is 38.1 Å². The van der Waals surface area contributed by atoms with Gasteiger partial charge in [-0.2, -0.15) is 0 Å². The Balaban J connectivity index is 0.000000595. The number of aromatic nitrogens is 3. The topological polar surface area (TPSA) is 85.0 Å². The molecule has 0 atom stereocenters. The van der Waals surface area contributed by atoms with Gasteiger partial charge < -0.3 is 10.6 Å². The Hall–Kier alpha value is -2.02. The SMILES string of the molecule is Cc1nnc(-c2ccncc2N2CCCCC2(C)C)s1.NC=O. The Labute approximate surface area is 140 Å². The number of pyridine rings is 1. The lowest BCUT2D eigenvalue weighted by molar-refractivity contribution is -0.106. The summed E-state index contributed by atoms with van der Waals surface area (Å²) >= 11 is 1.64. The van der Waals surface area contributed by atoms with Gasteiger partial charge >= 0.3 is 0 Å². The second-order valence-corrected chi connectivity index (χ2v) is 7.26. The summed E-state index contributed by atoms with van der Waals surface area (Å²) in [5.41, 5.74) is 6.68. The predicted octanol–water partition coefficient (Wildman–Crippen LogP) is 2.78. The third-order valence-electron chi connectivity index (χ3n) is 4.00. The van der Waals surface area contributed by atoms with Crippen molar-refractivity contribution in [2.45, 2.75) is 45.6 Å². The molecule has 2 aromatic heterocycles.